The van der Waals surface area contributed by atoms with Crippen LogP contribution in [0.4, 0.5) is 0 Å². The quantitative estimate of drug-likeness (QED) is 0.560. The van der Waals surface area contributed by atoms with Gasteiger partial charge in [0.2, 0.25) is 5.91 Å². The van der Waals surface area contributed by atoms with Crippen LogP contribution < -0.4 is 5.32 Å². The number of imide groups is 1. The van der Waals surface area contributed by atoms with Gasteiger partial charge in [0.1, 0.15) is 12.1 Å². The van der Waals surface area contributed by atoms with Gasteiger partial charge in [-0.2, -0.15) is 0 Å². The molecule has 0 unspecified atom stereocenters. The maximum absolute atomic E-state index is 13.2. The summed E-state index contributed by atoms with van der Waals surface area (Å²) in [5, 5.41) is 2.67. The molecule has 1 aliphatic rings. The highest BCUT2D eigenvalue weighted by molar-refractivity contribution is 6.22. The van der Waals surface area contributed by atoms with Gasteiger partial charge in [-0.3, -0.25) is 19.3 Å². The van der Waals surface area contributed by atoms with Crippen LogP contribution in [0.1, 0.15) is 40.1 Å². The summed E-state index contributed by atoms with van der Waals surface area (Å²) in [5.41, 5.74) is 1.32. The third-order valence-electron chi connectivity index (χ3n) is 5.13. The molecule has 1 heterocycles. The summed E-state index contributed by atoms with van der Waals surface area (Å²) in [6.45, 7) is 3.55. The molecule has 0 saturated carbocycles. The highest BCUT2D eigenvalue weighted by Crippen LogP contribution is 2.26. The van der Waals surface area contributed by atoms with Gasteiger partial charge >= 0.3 is 5.97 Å². The Morgan fingerprint density at radius 1 is 0.933 bits per heavy atom. The third kappa shape index (κ3) is 4.10. The van der Waals surface area contributed by atoms with Crippen molar-refractivity contribution in [2.24, 2.45) is 5.92 Å². The van der Waals surface area contributed by atoms with E-state index in [0.717, 1.165) is 10.5 Å². The number of benzene rings is 2. The molecule has 0 radical (unpaired) electrons. The van der Waals surface area contributed by atoms with Crippen molar-refractivity contribution in [3.8, 4) is 0 Å². The van der Waals surface area contributed by atoms with Gasteiger partial charge in [0.05, 0.1) is 18.2 Å². The topological polar surface area (TPSA) is 92.8 Å². The smallest absolute Gasteiger partial charge is 0.328 e. The lowest BCUT2D eigenvalue weighted by Crippen LogP contribution is -2.55. The molecule has 0 aromatic heterocycles. The summed E-state index contributed by atoms with van der Waals surface area (Å²) in [6, 6.07) is 13.6. The minimum atomic E-state index is -1.11. The summed E-state index contributed by atoms with van der Waals surface area (Å²) < 4.78 is 4.79. The lowest BCUT2D eigenvalue weighted by Gasteiger charge is -2.28. The Labute approximate surface area is 175 Å². The first-order valence-electron chi connectivity index (χ1n) is 9.74. The molecule has 30 heavy (non-hydrogen) atoms. The van der Waals surface area contributed by atoms with E-state index >= 15 is 0 Å². The number of nitrogens with zero attached hydrogens (tertiary/aromatic N) is 1. The van der Waals surface area contributed by atoms with Crippen molar-refractivity contribution < 1.29 is 23.9 Å². The molecule has 1 N–H and O–H groups in total. The molecular formula is C23H24N2O5. The number of amides is 3. The predicted molar refractivity (Wildman–Crippen MR) is 110 cm³/mol. The molecule has 156 valence electrons. The second kappa shape index (κ2) is 8.90. The van der Waals surface area contributed by atoms with Gasteiger partial charge in [-0.25, -0.2) is 4.79 Å². The van der Waals surface area contributed by atoms with E-state index in [4.69, 9.17) is 4.74 Å². The summed E-state index contributed by atoms with van der Waals surface area (Å²) >= 11 is 0. The minimum Gasteiger partial charge on any atom is -0.467 e. The summed E-state index contributed by atoms with van der Waals surface area (Å²) in [4.78, 5) is 52.3. The zero-order chi connectivity index (χ0) is 21.8. The molecule has 0 fully saturated rings. The SMILES string of the molecule is COC(=O)[C@@H](NC(=O)[C@H](Cc1ccccc1)N1C(=O)c2ccccc2C1=O)C(C)C. The fourth-order valence-corrected chi connectivity index (χ4v) is 3.50. The minimum absolute atomic E-state index is 0.129. The molecule has 7 heteroatoms. The van der Waals surface area contributed by atoms with Crippen LogP contribution >= 0.6 is 0 Å². The number of rotatable bonds is 7. The van der Waals surface area contributed by atoms with Crippen LogP contribution in [0, 0.1) is 5.92 Å². The first-order chi connectivity index (χ1) is 14.3. The molecule has 2 aromatic rings. The van der Waals surface area contributed by atoms with Crippen LogP contribution in [0.3, 0.4) is 0 Å². The van der Waals surface area contributed by atoms with Gasteiger partial charge in [-0.05, 0) is 23.6 Å². The Morgan fingerprint density at radius 2 is 1.47 bits per heavy atom. The number of methoxy groups -OCH3 is 1. The van der Waals surface area contributed by atoms with E-state index in [-0.39, 0.29) is 23.5 Å². The molecule has 2 aromatic carbocycles. The molecule has 3 rings (SSSR count). The molecule has 0 bridgehead atoms. The first kappa shape index (κ1) is 21.2. The zero-order valence-electron chi connectivity index (χ0n) is 17.1. The van der Waals surface area contributed by atoms with Crippen LogP contribution in [-0.2, 0) is 20.7 Å². The van der Waals surface area contributed by atoms with E-state index < -0.39 is 35.8 Å². The Bertz CT molecular complexity index is 936. The first-order valence-corrected chi connectivity index (χ1v) is 9.74. The van der Waals surface area contributed by atoms with Crippen LogP contribution in [0.25, 0.3) is 0 Å². The lowest BCUT2D eigenvalue weighted by atomic mass is 10.0. The Hall–Kier alpha value is -3.48. The van der Waals surface area contributed by atoms with Crippen LogP contribution in [0.15, 0.2) is 54.6 Å². The number of nitrogens with one attached hydrogen (secondary N) is 1. The molecular weight excluding hydrogens is 384 g/mol. The van der Waals surface area contributed by atoms with E-state index in [1.54, 1.807) is 38.1 Å². The standard InChI is InChI=1S/C23H24N2O5/c1-14(2)19(23(29)30-3)24-20(26)18(13-15-9-5-4-6-10-15)25-21(27)16-11-7-8-12-17(16)22(25)28/h4-12,14,18-19H,13H2,1-3H3,(H,24,26)/t18-,19-/m0/s1. The maximum Gasteiger partial charge on any atom is 0.328 e. The van der Waals surface area contributed by atoms with Crippen LogP contribution in [0.2, 0.25) is 0 Å². The Balaban J connectivity index is 1.95. The largest absolute Gasteiger partial charge is 0.467 e. The van der Waals surface area contributed by atoms with Gasteiger partial charge in [0.15, 0.2) is 0 Å². The van der Waals surface area contributed by atoms with Crippen LogP contribution in [-0.4, -0.2) is 47.8 Å². The molecule has 0 spiro atoms. The van der Waals surface area contributed by atoms with Crippen molar-refractivity contribution in [1.82, 2.24) is 10.2 Å². The molecule has 0 aliphatic carbocycles. The number of esters is 1. The molecule has 0 saturated heterocycles. The summed E-state index contributed by atoms with van der Waals surface area (Å²) in [7, 11) is 1.25. The van der Waals surface area contributed by atoms with E-state index in [0.29, 0.717) is 0 Å². The molecule has 2 atom stereocenters. The predicted octanol–water partition coefficient (Wildman–Crippen LogP) is 2.21. The van der Waals surface area contributed by atoms with Crippen molar-refractivity contribution in [2.45, 2.75) is 32.4 Å². The second-order valence-corrected chi connectivity index (χ2v) is 7.48. The normalized spacial score (nSPS) is 15.0. The van der Waals surface area contributed by atoms with Crippen molar-refractivity contribution in [2.75, 3.05) is 7.11 Å². The number of carbonyl (C=O) groups excluding carboxylic acids is 4. The lowest BCUT2D eigenvalue weighted by molar-refractivity contribution is -0.146. The number of hydrogen-bond donors (Lipinski definition) is 1. The fraction of sp³-hybridized carbons (Fsp3) is 0.304. The molecule has 1 aliphatic heterocycles. The van der Waals surface area contributed by atoms with Crippen molar-refractivity contribution >= 4 is 23.7 Å². The highest BCUT2D eigenvalue weighted by Gasteiger charge is 2.43. The zero-order valence-corrected chi connectivity index (χ0v) is 17.1. The van der Waals surface area contributed by atoms with Gasteiger partial charge in [0.25, 0.3) is 11.8 Å². The summed E-state index contributed by atoms with van der Waals surface area (Å²) in [5.74, 6) is -2.45. The van der Waals surface area contributed by atoms with Crippen molar-refractivity contribution in [3.63, 3.8) is 0 Å². The summed E-state index contributed by atoms with van der Waals surface area (Å²) in [6.07, 6.45) is 0.129. The van der Waals surface area contributed by atoms with E-state index in [2.05, 4.69) is 5.32 Å². The van der Waals surface area contributed by atoms with Crippen LogP contribution in [0.5, 0.6) is 0 Å². The van der Waals surface area contributed by atoms with Crippen molar-refractivity contribution in [3.05, 3.63) is 71.3 Å². The van der Waals surface area contributed by atoms with Gasteiger partial charge in [0, 0.05) is 6.42 Å². The maximum atomic E-state index is 13.2. The van der Waals surface area contributed by atoms with Crippen molar-refractivity contribution in [1.29, 1.82) is 0 Å². The van der Waals surface area contributed by atoms with E-state index in [1.807, 2.05) is 30.3 Å². The molecule has 7 nitrogen and oxygen atoms in total. The Morgan fingerprint density at radius 3 is 1.97 bits per heavy atom. The van der Waals surface area contributed by atoms with Gasteiger partial charge in [-0.1, -0.05) is 56.3 Å². The fourth-order valence-electron chi connectivity index (χ4n) is 3.50. The van der Waals surface area contributed by atoms with Gasteiger partial charge in [-0.15, -0.1) is 0 Å². The van der Waals surface area contributed by atoms with E-state index in [1.165, 1.54) is 7.11 Å². The average Bonchev–Trinajstić information content (AvgIpc) is 3.00. The Kier molecular flexibility index (Phi) is 6.30. The second-order valence-electron chi connectivity index (χ2n) is 7.48. The number of fused-ring (bicyclic) bond motifs is 1. The monoisotopic (exact) mass is 408 g/mol. The van der Waals surface area contributed by atoms with E-state index in [9.17, 15) is 19.2 Å². The number of hydrogen-bond acceptors (Lipinski definition) is 5. The number of ether oxygens (including phenoxy) is 1. The number of carbonyl (C=O) groups is 4. The molecule has 3 amide bonds. The average molecular weight is 408 g/mol. The highest BCUT2D eigenvalue weighted by atomic mass is 16.5. The third-order valence-corrected chi connectivity index (χ3v) is 5.13. The van der Waals surface area contributed by atoms with Gasteiger partial charge < -0.3 is 10.1 Å².